The number of hydrogen-bond donors (Lipinski definition) is 1. The van der Waals surface area contributed by atoms with Gasteiger partial charge in [-0.25, -0.2) is 8.42 Å². The molecule has 0 saturated carbocycles. The largest absolute Gasteiger partial charge is 0.494 e. The van der Waals surface area contributed by atoms with Crippen molar-refractivity contribution < 1.29 is 22.7 Å². The summed E-state index contributed by atoms with van der Waals surface area (Å²) >= 11 is 13.2. The number of carbonyl (C=O) groups excluding carboxylic acids is 2. The summed E-state index contributed by atoms with van der Waals surface area (Å²) < 4.78 is 34.9. The first-order valence-corrected chi connectivity index (χ1v) is 17.4. The lowest BCUT2D eigenvalue weighted by molar-refractivity contribution is -0.140. The van der Waals surface area contributed by atoms with Crippen LogP contribution in [0.5, 0.6) is 5.75 Å². The molecule has 0 bridgehead atoms. The maximum absolute atomic E-state index is 14.6. The maximum Gasteiger partial charge on any atom is 0.264 e. The Kier molecular flexibility index (Phi) is 12.0. The second-order valence-corrected chi connectivity index (χ2v) is 14.6. The summed E-state index contributed by atoms with van der Waals surface area (Å²) in [6.45, 7) is 7.07. The Labute approximate surface area is 287 Å². The standard InChI is InChI=1S/C36H39Cl2N3O5S/c1-5-46-28-19-21-29(22-20-28)47(44,45)41(27-15-10-7-11-16-27)25-34(42)40(24-30-31(37)17-12-18-32(30)38)33(35(43)39-36(2,3)4)23-26-13-8-6-9-14-26/h6-22,33H,5,23-25H2,1-4H3,(H,39,43)/t33-/m1/s1. The number of hydrogen-bond acceptors (Lipinski definition) is 5. The van der Waals surface area contributed by atoms with E-state index >= 15 is 0 Å². The molecule has 0 unspecified atom stereocenters. The lowest BCUT2D eigenvalue weighted by Crippen LogP contribution is -2.56. The van der Waals surface area contributed by atoms with Crippen LogP contribution >= 0.6 is 23.2 Å². The van der Waals surface area contributed by atoms with Crippen molar-refractivity contribution in [2.45, 2.75) is 57.1 Å². The average Bonchev–Trinajstić information content (AvgIpc) is 3.03. The maximum atomic E-state index is 14.6. The van der Waals surface area contributed by atoms with Gasteiger partial charge in [-0.3, -0.25) is 13.9 Å². The Morgan fingerprint density at radius 1 is 0.830 bits per heavy atom. The van der Waals surface area contributed by atoms with Crippen LogP contribution in [0.25, 0.3) is 0 Å². The molecule has 0 radical (unpaired) electrons. The van der Waals surface area contributed by atoms with Gasteiger partial charge in [-0.2, -0.15) is 0 Å². The van der Waals surface area contributed by atoms with Crippen molar-refractivity contribution in [1.82, 2.24) is 10.2 Å². The second-order valence-electron chi connectivity index (χ2n) is 11.9. The van der Waals surface area contributed by atoms with Crippen molar-refractivity contribution in [2.24, 2.45) is 0 Å². The molecule has 11 heteroatoms. The van der Waals surface area contributed by atoms with Gasteiger partial charge < -0.3 is 15.0 Å². The van der Waals surface area contributed by atoms with Crippen LogP contribution in [-0.2, 0) is 32.6 Å². The molecule has 0 spiro atoms. The SMILES string of the molecule is CCOc1ccc(S(=O)(=O)N(CC(=O)N(Cc2c(Cl)cccc2Cl)[C@H](Cc2ccccc2)C(=O)NC(C)(C)C)c2ccccc2)cc1. The van der Waals surface area contributed by atoms with Crippen molar-refractivity contribution in [3.8, 4) is 5.75 Å². The Balaban J connectivity index is 1.82. The molecule has 0 aromatic heterocycles. The summed E-state index contributed by atoms with van der Waals surface area (Å²) in [4.78, 5) is 30.0. The zero-order valence-electron chi connectivity index (χ0n) is 26.8. The van der Waals surface area contributed by atoms with Crippen LogP contribution in [0.4, 0.5) is 5.69 Å². The number of sulfonamides is 1. The lowest BCUT2D eigenvalue weighted by atomic mass is 10.0. The average molecular weight is 697 g/mol. The highest BCUT2D eigenvalue weighted by Gasteiger charge is 2.36. The molecule has 4 rings (SSSR count). The summed E-state index contributed by atoms with van der Waals surface area (Å²) in [5.74, 6) is -0.506. The molecule has 0 saturated heterocycles. The van der Waals surface area contributed by atoms with Crippen LogP contribution in [0.3, 0.4) is 0 Å². The van der Waals surface area contributed by atoms with Gasteiger partial charge in [-0.1, -0.05) is 77.8 Å². The van der Waals surface area contributed by atoms with Gasteiger partial charge in [0.25, 0.3) is 10.0 Å². The molecule has 0 fully saturated rings. The fourth-order valence-electron chi connectivity index (χ4n) is 4.99. The van der Waals surface area contributed by atoms with Gasteiger partial charge in [-0.05, 0) is 81.8 Å². The van der Waals surface area contributed by atoms with Gasteiger partial charge in [0.05, 0.1) is 17.2 Å². The minimum absolute atomic E-state index is 0.0235. The molecule has 4 aromatic carbocycles. The molecule has 248 valence electrons. The first-order valence-electron chi connectivity index (χ1n) is 15.2. The van der Waals surface area contributed by atoms with Gasteiger partial charge in [0.15, 0.2) is 0 Å². The van der Waals surface area contributed by atoms with Crippen LogP contribution in [0.2, 0.25) is 10.0 Å². The summed E-state index contributed by atoms with van der Waals surface area (Å²) in [5.41, 5.74) is 0.915. The predicted octanol–water partition coefficient (Wildman–Crippen LogP) is 7.14. The van der Waals surface area contributed by atoms with Crippen molar-refractivity contribution in [3.05, 3.63) is 124 Å². The van der Waals surface area contributed by atoms with E-state index in [0.29, 0.717) is 28.0 Å². The van der Waals surface area contributed by atoms with E-state index in [4.69, 9.17) is 27.9 Å². The summed E-state index contributed by atoms with van der Waals surface area (Å²) in [7, 11) is -4.26. The third-order valence-corrected chi connectivity index (χ3v) is 9.70. The highest BCUT2D eigenvalue weighted by Crippen LogP contribution is 2.29. The molecule has 1 N–H and O–H groups in total. The molecule has 0 aliphatic rings. The Morgan fingerprint density at radius 3 is 1.96 bits per heavy atom. The summed E-state index contributed by atoms with van der Waals surface area (Å²) in [5, 5.41) is 3.63. The lowest BCUT2D eigenvalue weighted by Gasteiger charge is -2.35. The molecule has 0 heterocycles. The number of para-hydroxylation sites is 1. The van der Waals surface area contributed by atoms with Crippen molar-refractivity contribution in [1.29, 1.82) is 0 Å². The highest BCUT2D eigenvalue weighted by atomic mass is 35.5. The molecular weight excluding hydrogens is 657 g/mol. The number of nitrogens with one attached hydrogen (secondary N) is 1. The molecule has 1 atom stereocenters. The number of benzene rings is 4. The van der Waals surface area contributed by atoms with E-state index in [2.05, 4.69) is 5.32 Å². The van der Waals surface area contributed by atoms with Crippen LogP contribution in [0.15, 0.2) is 108 Å². The number of ether oxygens (including phenoxy) is 1. The fraction of sp³-hybridized carbons (Fsp3) is 0.278. The number of nitrogens with zero attached hydrogens (tertiary/aromatic N) is 2. The Hall–Kier alpha value is -4.05. The summed E-state index contributed by atoms with van der Waals surface area (Å²) in [6.07, 6.45) is 0.160. The number of amides is 2. The van der Waals surface area contributed by atoms with Gasteiger partial charge in [-0.15, -0.1) is 0 Å². The zero-order valence-corrected chi connectivity index (χ0v) is 29.1. The van der Waals surface area contributed by atoms with Crippen LogP contribution in [0.1, 0.15) is 38.8 Å². The van der Waals surface area contributed by atoms with E-state index in [-0.39, 0.29) is 23.5 Å². The van der Waals surface area contributed by atoms with Crippen molar-refractivity contribution in [2.75, 3.05) is 17.5 Å². The van der Waals surface area contributed by atoms with Crippen LogP contribution < -0.4 is 14.4 Å². The highest BCUT2D eigenvalue weighted by molar-refractivity contribution is 7.92. The van der Waals surface area contributed by atoms with E-state index in [1.807, 2.05) is 58.0 Å². The normalized spacial score (nSPS) is 12.2. The minimum Gasteiger partial charge on any atom is -0.494 e. The van der Waals surface area contributed by atoms with Crippen molar-refractivity contribution >= 4 is 50.7 Å². The zero-order chi connectivity index (χ0) is 34.2. The summed E-state index contributed by atoms with van der Waals surface area (Å²) in [6, 6.07) is 27.7. The van der Waals surface area contributed by atoms with Gasteiger partial charge >= 0.3 is 0 Å². The molecule has 0 aliphatic heterocycles. The first-order chi connectivity index (χ1) is 22.3. The molecule has 47 heavy (non-hydrogen) atoms. The molecular formula is C36H39Cl2N3O5S. The number of anilines is 1. The van der Waals surface area contributed by atoms with Gasteiger partial charge in [0, 0.05) is 34.1 Å². The van der Waals surface area contributed by atoms with E-state index in [1.54, 1.807) is 60.7 Å². The van der Waals surface area contributed by atoms with E-state index < -0.39 is 40.0 Å². The third kappa shape index (κ3) is 9.50. The molecule has 2 amide bonds. The topological polar surface area (TPSA) is 96.0 Å². The Bertz CT molecular complexity index is 1740. The van der Waals surface area contributed by atoms with E-state index in [9.17, 15) is 18.0 Å². The number of halogens is 2. The van der Waals surface area contributed by atoms with E-state index in [0.717, 1.165) is 9.87 Å². The van der Waals surface area contributed by atoms with Crippen molar-refractivity contribution in [3.63, 3.8) is 0 Å². The molecule has 0 aliphatic carbocycles. The monoisotopic (exact) mass is 695 g/mol. The Morgan fingerprint density at radius 2 is 1.40 bits per heavy atom. The molecule has 8 nitrogen and oxygen atoms in total. The minimum atomic E-state index is -4.26. The number of carbonyl (C=O) groups is 2. The number of rotatable bonds is 13. The smallest absolute Gasteiger partial charge is 0.264 e. The predicted molar refractivity (Wildman–Crippen MR) is 187 cm³/mol. The molecule has 4 aromatic rings. The van der Waals surface area contributed by atoms with Crippen LogP contribution in [0, 0.1) is 0 Å². The van der Waals surface area contributed by atoms with Crippen LogP contribution in [-0.4, -0.2) is 49.9 Å². The first kappa shape index (κ1) is 35.8. The second kappa shape index (κ2) is 15.7. The fourth-order valence-corrected chi connectivity index (χ4v) is 6.92. The third-order valence-electron chi connectivity index (χ3n) is 7.21. The van der Waals surface area contributed by atoms with Gasteiger partial charge in [0.1, 0.15) is 18.3 Å². The quantitative estimate of drug-likeness (QED) is 0.160. The van der Waals surface area contributed by atoms with Gasteiger partial charge in [0.2, 0.25) is 11.8 Å². The van der Waals surface area contributed by atoms with E-state index in [1.165, 1.54) is 17.0 Å².